The van der Waals surface area contributed by atoms with E-state index in [1.165, 1.54) is 26.4 Å². The zero-order valence-corrected chi connectivity index (χ0v) is 14.7. The molecule has 6 heteroatoms. The molecule has 0 bridgehead atoms. The van der Waals surface area contributed by atoms with Gasteiger partial charge in [-0.2, -0.15) is 0 Å². The monoisotopic (exact) mass is 358 g/mol. The van der Waals surface area contributed by atoms with Crippen LogP contribution in [0.15, 0.2) is 71.3 Å². The third kappa shape index (κ3) is 4.68. The van der Waals surface area contributed by atoms with Gasteiger partial charge in [-0.3, -0.25) is 9.59 Å². The number of aliphatic hydroxyl groups excluding tert-OH is 2. The fourth-order valence-corrected chi connectivity index (χ4v) is 2.69. The van der Waals surface area contributed by atoms with Gasteiger partial charge in [-0.1, -0.05) is 24.3 Å². The van der Waals surface area contributed by atoms with Crippen molar-refractivity contribution < 1.29 is 29.3 Å². The van der Waals surface area contributed by atoms with Crippen molar-refractivity contribution in [3.63, 3.8) is 0 Å². The number of aliphatic hydroxyl groups is 2. The smallest absolute Gasteiger partial charge is 0.220 e. The second-order valence-electron chi connectivity index (χ2n) is 5.85. The van der Waals surface area contributed by atoms with E-state index in [0.717, 1.165) is 0 Å². The standard InChI is InChI=1S/C20H22O6/c1-25-19-9-13(3-5-17(19)23)7-15(11-21)16(12-22)8-14-4-6-18(24)20(10-14)26-2/h3-10,15-16,21-22H,11-12H2,1-2H3/b13-7-,14-8-/t15-,16+. The SMILES string of the molecule is COC1=C/C(=C\[C@H](CO)[C@@H](/C=C2/C=CC(=O)C(OC)=C2)CO)C=CC1=O. The van der Waals surface area contributed by atoms with Crippen LogP contribution in [0, 0.1) is 11.8 Å². The van der Waals surface area contributed by atoms with Crippen LogP contribution in [0.5, 0.6) is 0 Å². The summed E-state index contributed by atoms with van der Waals surface area (Å²) in [4.78, 5) is 23.2. The van der Waals surface area contributed by atoms with Crippen LogP contribution in [0.1, 0.15) is 0 Å². The molecule has 26 heavy (non-hydrogen) atoms. The van der Waals surface area contributed by atoms with E-state index in [1.807, 2.05) is 0 Å². The second-order valence-corrected chi connectivity index (χ2v) is 5.85. The number of ether oxygens (including phenoxy) is 2. The molecular formula is C20H22O6. The van der Waals surface area contributed by atoms with E-state index < -0.39 is 0 Å². The zero-order valence-electron chi connectivity index (χ0n) is 14.7. The number of ketones is 2. The number of allylic oxidation sites excluding steroid dienone is 8. The predicted molar refractivity (Wildman–Crippen MR) is 95.8 cm³/mol. The normalized spacial score (nSPS) is 22.3. The molecule has 0 aromatic rings. The molecule has 0 saturated carbocycles. The molecule has 2 aliphatic rings. The molecule has 0 spiro atoms. The lowest BCUT2D eigenvalue weighted by Crippen LogP contribution is -2.20. The number of carbonyl (C=O) groups is 2. The highest BCUT2D eigenvalue weighted by molar-refractivity contribution is 6.05. The maximum Gasteiger partial charge on any atom is 0.220 e. The molecule has 2 aliphatic carbocycles. The number of rotatable bonds is 7. The minimum atomic E-state index is -0.389. The Bertz CT molecular complexity index is 684. The zero-order chi connectivity index (χ0) is 19.1. The van der Waals surface area contributed by atoms with Gasteiger partial charge in [0.2, 0.25) is 11.6 Å². The first-order valence-corrected chi connectivity index (χ1v) is 8.14. The first-order valence-electron chi connectivity index (χ1n) is 8.14. The van der Waals surface area contributed by atoms with Crippen molar-refractivity contribution in [1.29, 1.82) is 0 Å². The fraction of sp³-hybridized carbons (Fsp3) is 0.300. The van der Waals surface area contributed by atoms with Crippen LogP contribution in [0.3, 0.4) is 0 Å². The molecule has 0 aliphatic heterocycles. The van der Waals surface area contributed by atoms with Crippen molar-refractivity contribution in [2.45, 2.75) is 0 Å². The van der Waals surface area contributed by atoms with E-state index in [0.29, 0.717) is 11.1 Å². The summed E-state index contributed by atoms with van der Waals surface area (Å²) < 4.78 is 10.0. The van der Waals surface area contributed by atoms with Gasteiger partial charge in [0, 0.05) is 11.8 Å². The van der Waals surface area contributed by atoms with E-state index in [9.17, 15) is 19.8 Å². The average Bonchev–Trinajstić information content (AvgIpc) is 2.66. The Balaban J connectivity index is 2.27. The van der Waals surface area contributed by atoms with Gasteiger partial charge in [-0.05, 0) is 35.5 Å². The van der Waals surface area contributed by atoms with Crippen molar-refractivity contribution in [2.75, 3.05) is 27.4 Å². The van der Waals surface area contributed by atoms with Gasteiger partial charge in [0.15, 0.2) is 11.5 Å². The van der Waals surface area contributed by atoms with Gasteiger partial charge in [0.25, 0.3) is 0 Å². The summed E-state index contributed by atoms with van der Waals surface area (Å²) in [5.41, 5.74) is 1.42. The molecule has 0 radical (unpaired) electrons. The largest absolute Gasteiger partial charge is 0.493 e. The summed E-state index contributed by atoms with van der Waals surface area (Å²) in [6.45, 7) is -0.389. The number of hydrogen-bond acceptors (Lipinski definition) is 6. The Morgan fingerprint density at radius 1 is 0.808 bits per heavy atom. The highest BCUT2D eigenvalue weighted by Gasteiger charge is 2.20. The van der Waals surface area contributed by atoms with Crippen LogP contribution in [-0.4, -0.2) is 49.2 Å². The van der Waals surface area contributed by atoms with E-state index in [4.69, 9.17) is 9.47 Å². The molecule has 0 fully saturated rings. The molecule has 0 aromatic heterocycles. The number of carbonyl (C=O) groups excluding carboxylic acids is 2. The van der Waals surface area contributed by atoms with Gasteiger partial charge < -0.3 is 19.7 Å². The molecule has 138 valence electrons. The minimum absolute atomic E-state index is 0.195. The van der Waals surface area contributed by atoms with Gasteiger partial charge in [0.1, 0.15) is 0 Å². The van der Waals surface area contributed by atoms with Crippen molar-refractivity contribution in [3.05, 3.63) is 71.3 Å². The van der Waals surface area contributed by atoms with E-state index in [1.54, 1.807) is 36.5 Å². The maximum atomic E-state index is 11.6. The summed E-state index contributed by atoms with van der Waals surface area (Å²) in [6.07, 6.45) is 12.8. The quantitative estimate of drug-likeness (QED) is 0.714. The molecule has 0 aromatic carbocycles. The summed E-state index contributed by atoms with van der Waals surface area (Å²) in [7, 11) is 2.84. The Hall–Kier alpha value is -2.70. The Labute approximate surface area is 152 Å². The van der Waals surface area contributed by atoms with E-state index in [-0.39, 0.29) is 48.1 Å². The second kappa shape index (κ2) is 9.12. The first-order chi connectivity index (χ1) is 12.5. The molecule has 6 nitrogen and oxygen atoms in total. The molecule has 0 saturated heterocycles. The van der Waals surface area contributed by atoms with Crippen LogP contribution in [-0.2, 0) is 19.1 Å². The first kappa shape index (κ1) is 19.6. The molecule has 0 heterocycles. The third-order valence-corrected chi connectivity index (χ3v) is 4.16. The van der Waals surface area contributed by atoms with Crippen LogP contribution in [0.25, 0.3) is 0 Å². The van der Waals surface area contributed by atoms with E-state index in [2.05, 4.69) is 0 Å². The lowest BCUT2D eigenvalue weighted by molar-refractivity contribution is -0.114. The van der Waals surface area contributed by atoms with Crippen molar-refractivity contribution in [2.24, 2.45) is 11.8 Å². The highest BCUT2D eigenvalue weighted by atomic mass is 16.5. The molecule has 0 amide bonds. The lowest BCUT2D eigenvalue weighted by atomic mass is 9.88. The Kier molecular flexibility index (Phi) is 6.89. The average molecular weight is 358 g/mol. The summed E-state index contributed by atoms with van der Waals surface area (Å²) in [5.74, 6) is -0.785. The Morgan fingerprint density at radius 3 is 1.50 bits per heavy atom. The minimum Gasteiger partial charge on any atom is -0.493 e. The molecule has 2 N–H and O–H groups in total. The lowest BCUT2D eigenvalue weighted by Gasteiger charge is -2.20. The van der Waals surface area contributed by atoms with Crippen LogP contribution in [0.4, 0.5) is 0 Å². The van der Waals surface area contributed by atoms with Crippen LogP contribution >= 0.6 is 0 Å². The summed E-state index contributed by atoms with van der Waals surface area (Å²) >= 11 is 0. The van der Waals surface area contributed by atoms with Crippen LogP contribution < -0.4 is 0 Å². The molecular weight excluding hydrogens is 336 g/mol. The molecule has 2 atom stereocenters. The van der Waals surface area contributed by atoms with Gasteiger partial charge >= 0.3 is 0 Å². The summed E-state index contributed by atoms with van der Waals surface area (Å²) in [6, 6.07) is 0. The Morgan fingerprint density at radius 2 is 1.19 bits per heavy atom. The predicted octanol–water partition coefficient (Wildman–Crippen LogP) is 1.39. The van der Waals surface area contributed by atoms with Crippen molar-refractivity contribution in [1.82, 2.24) is 0 Å². The van der Waals surface area contributed by atoms with Crippen molar-refractivity contribution >= 4 is 11.6 Å². The maximum absolute atomic E-state index is 11.6. The number of methoxy groups -OCH3 is 2. The van der Waals surface area contributed by atoms with Gasteiger partial charge in [0.05, 0.1) is 27.4 Å². The van der Waals surface area contributed by atoms with Crippen LogP contribution in [0.2, 0.25) is 0 Å². The topological polar surface area (TPSA) is 93.1 Å². The van der Waals surface area contributed by atoms with Crippen molar-refractivity contribution in [3.8, 4) is 0 Å². The van der Waals surface area contributed by atoms with E-state index >= 15 is 0 Å². The molecule has 0 unspecified atom stereocenters. The fourth-order valence-electron chi connectivity index (χ4n) is 2.69. The number of hydrogen-bond donors (Lipinski definition) is 2. The van der Waals surface area contributed by atoms with Gasteiger partial charge in [-0.25, -0.2) is 0 Å². The molecule has 2 rings (SSSR count). The highest BCUT2D eigenvalue weighted by Crippen LogP contribution is 2.24. The summed E-state index contributed by atoms with van der Waals surface area (Å²) in [5, 5.41) is 19.5. The third-order valence-electron chi connectivity index (χ3n) is 4.16. The van der Waals surface area contributed by atoms with Gasteiger partial charge in [-0.15, -0.1) is 0 Å².